The standard InChI is InChI=1S/C20H34O6/c1-2-3-6-9-15(21)12-13-18-17(23)14-19(26-18)16(22)10-7-4-5-8-11-20(24)25/h4,7,12-13,15-19,21-23H,2-3,5-6,8-11,14H2,1H3,(H,24,25)/b7-4-,13-12+/t15-,16+,17-,18-,19-/m0/s1. The highest BCUT2D eigenvalue weighted by molar-refractivity contribution is 5.66. The van der Waals surface area contributed by atoms with E-state index in [1.165, 1.54) is 0 Å². The fourth-order valence-corrected chi connectivity index (χ4v) is 2.96. The van der Waals surface area contributed by atoms with Gasteiger partial charge in [0.15, 0.2) is 0 Å². The van der Waals surface area contributed by atoms with E-state index in [4.69, 9.17) is 9.84 Å². The number of carboxylic acids is 1. The number of unbranched alkanes of at least 4 members (excludes halogenated alkanes) is 3. The minimum Gasteiger partial charge on any atom is -0.481 e. The molecule has 1 rings (SSSR count). The Morgan fingerprint density at radius 1 is 1.23 bits per heavy atom. The van der Waals surface area contributed by atoms with Crippen molar-refractivity contribution in [1.82, 2.24) is 0 Å². The van der Waals surface area contributed by atoms with E-state index >= 15 is 0 Å². The second kappa shape index (κ2) is 13.0. The molecule has 0 aromatic carbocycles. The molecule has 1 saturated heterocycles. The van der Waals surface area contributed by atoms with Crippen LogP contribution in [0.25, 0.3) is 0 Å². The summed E-state index contributed by atoms with van der Waals surface area (Å²) in [4.78, 5) is 10.4. The van der Waals surface area contributed by atoms with E-state index < -0.39 is 36.5 Å². The molecule has 1 aliphatic heterocycles. The molecule has 0 unspecified atom stereocenters. The van der Waals surface area contributed by atoms with Crippen molar-refractivity contribution in [2.45, 2.75) is 95.2 Å². The molecule has 0 radical (unpaired) electrons. The smallest absolute Gasteiger partial charge is 0.303 e. The van der Waals surface area contributed by atoms with Gasteiger partial charge in [0, 0.05) is 12.8 Å². The van der Waals surface area contributed by atoms with Gasteiger partial charge >= 0.3 is 5.97 Å². The molecule has 4 N–H and O–H groups in total. The Morgan fingerprint density at radius 2 is 2.00 bits per heavy atom. The van der Waals surface area contributed by atoms with Crippen LogP contribution >= 0.6 is 0 Å². The molecule has 1 aliphatic rings. The van der Waals surface area contributed by atoms with Gasteiger partial charge in [-0.25, -0.2) is 0 Å². The summed E-state index contributed by atoms with van der Waals surface area (Å²) < 4.78 is 5.71. The van der Waals surface area contributed by atoms with E-state index in [1.54, 1.807) is 12.2 Å². The fourth-order valence-electron chi connectivity index (χ4n) is 2.96. The Balaban J connectivity index is 2.30. The van der Waals surface area contributed by atoms with Crippen LogP contribution in [0.4, 0.5) is 0 Å². The molecular formula is C20H34O6. The average Bonchev–Trinajstić information content (AvgIpc) is 2.97. The van der Waals surface area contributed by atoms with Crippen molar-refractivity contribution >= 4 is 5.97 Å². The Labute approximate surface area is 156 Å². The zero-order valence-electron chi connectivity index (χ0n) is 15.7. The highest BCUT2D eigenvalue weighted by Crippen LogP contribution is 2.25. The molecule has 6 heteroatoms. The SMILES string of the molecule is CCCCC[C@H](O)/C=C/[C@@H]1O[C@H]([C@H](O)C/C=C\CCCC(=O)O)C[C@@H]1O. The molecule has 0 amide bonds. The second-order valence-corrected chi connectivity index (χ2v) is 6.95. The van der Waals surface area contributed by atoms with E-state index in [0.29, 0.717) is 32.1 Å². The van der Waals surface area contributed by atoms with Crippen LogP contribution in [-0.2, 0) is 9.53 Å². The van der Waals surface area contributed by atoms with Gasteiger partial charge in [0.05, 0.1) is 24.4 Å². The maximum atomic E-state index is 10.4. The Hall–Kier alpha value is -1.21. The maximum absolute atomic E-state index is 10.4. The number of carboxylic acid groups (broad SMARTS) is 1. The zero-order chi connectivity index (χ0) is 19.4. The number of rotatable bonds is 13. The number of allylic oxidation sites excluding steroid dienone is 1. The van der Waals surface area contributed by atoms with Gasteiger partial charge < -0.3 is 25.2 Å². The minimum absolute atomic E-state index is 0.142. The van der Waals surface area contributed by atoms with Crippen LogP contribution in [0.5, 0.6) is 0 Å². The molecule has 0 aromatic heterocycles. The van der Waals surface area contributed by atoms with Gasteiger partial charge in [-0.15, -0.1) is 0 Å². The summed E-state index contributed by atoms with van der Waals surface area (Å²) in [6.07, 6.45) is 10.2. The van der Waals surface area contributed by atoms with Crippen molar-refractivity contribution < 1.29 is 30.0 Å². The van der Waals surface area contributed by atoms with Crippen molar-refractivity contribution in [3.63, 3.8) is 0 Å². The summed E-state index contributed by atoms with van der Waals surface area (Å²) >= 11 is 0. The van der Waals surface area contributed by atoms with E-state index in [0.717, 1.165) is 19.3 Å². The Bertz CT molecular complexity index is 448. The van der Waals surface area contributed by atoms with Crippen molar-refractivity contribution in [2.24, 2.45) is 0 Å². The summed E-state index contributed by atoms with van der Waals surface area (Å²) in [5.41, 5.74) is 0. The van der Waals surface area contributed by atoms with E-state index in [-0.39, 0.29) is 6.42 Å². The maximum Gasteiger partial charge on any atom is 0.303 e. The van der Waals surface area contributed by atoms with Crippen LogP contribution in [0.15, 0.2) is 24.3 Å². The van der Waals surface area contributed by atoms with Crippen LogP contribution in [0, 0.1) is 0 Å². The molecule has 0 aliphatic carbocycles. The Kier molecular flexibility index (Phi) is 11.4. The molecule has 0 saturated carbocycles. The van der Waals surface area contributed by atoms with Gasteiger partial charge in [-0.1, -0.05) is 50.5 Å². The van der Waals surface area contributed by atoms with Crippen molar-refractivity contribution in [1.29, 1.82) is 0 Å². The van der Waals surface area contributed by atoms with Gasteiger partial charge in [-0.05, 0) is 25.7 Å². The van der Waals surface area contributed by atoms with Crippen molar-refractivity contribution in [3.8, 4) is 0 Å². The number of hydrogen-bond acceptors (Lipinski definition) is 5. The van der Waals surface area contributed by atoms with Crippen LogP contribution in [0.2, 0.25) is 0 Å². The minimum atomic E-state index is -0.804. The van der Waals surface area contributed by atoms with Gasteiger partial charge in [-0.2, -0.15) is 0 Å². The molecule has 1 heterocycles. The number of aliphatic carboxylic acids is 1. The van der Waals surface area contributed by atoms with Crippen molar-refractivity contribution in [2.75, 3.05) is 0 Å². The topological polar surface area (TPSA) is 107 Å². The molecule has 6 nitrogen and oxygen atoms in total. The number of aliphatic hydroxyl groups is 3. The van der Waals surface area contributed by atoms with E-state index in [2.05, 4.69) is 6.92 Å². The largest absolute Gasteiger partial charge is 0.481 e. The first kappa shape index (κ1) is 22.8. The summed E-state index contributed by atoms with van der Waals surface area (Å²) in [5.74, 6) is -0.804. The molecule has 0 spiro atoms. The third-order valence-electron chi connectivity index (χ3n) is 4.55. The van der Waals surface area contributed by atoms with Crippen LogP contribution in [-0.4, -0.2) is 56.9 Å². The quantitative estimate of drug-likeness (QED) is 0.293. The first-order valence-corrected chi connectivity index (χ1v) is 9.68. The van der Waals surface area contributed by atoms with Gasteiger partial charge in [0.25, 0.3) is 0 Å². The molecule has 5 atom stereocenters. The molecular weight excluding hydrogens is 336 g/mol. The molecule has 0 bridgehead atoms. The van der Waals surface area contributed by atoms with Gasteiger partial charge in [-0.3, -0.25) is 4.79 Å². The summed E-state index contributed by atoms with van der Waals surface area (Å²) in [6.45, 7) is 2.11. The lowest BCUT2D eigenvalue weighted by Crippen LogP contribution is -2.25. The first-order valence-electron chi connectivity index (χ1n) is 9.68. The number of ether oxygens (including phenoxy) is 1. The van der Waals surface area contributed by atoms with Gasteiger partial charge in [0.2, 0.25) is 0 Å². The normalized spacial score (nSPS) is 25.9. The first-order chi connectivity index (χ1) is 12.4. The number of aliphatic hydroxyl groups excluding tert-OH is 3. The monoisotopic (exact) mass is 370 g/mol. The van der Waals surface area contributed by atoms with Crippen molar-refractivity contribution in [3.05, 3.63) is 24.3 Å². The number of hydrogen-bond donors (Lipinski definition) is 4. The predicted octanol–water partition coefficient (Wildman–Crippen LogP) is 2.56. The lowest BCUT2D eigenvalue weighted by molar-refractivity contribution is -0.137. The van der Waals surface area contributed by atoms with Crippen LogP contribution < -0.4 is 0 Å². The average molecular weight is 370 g/mol. The zero-order valence-corrected chi connectivity index (χ0v) is 15.7. The third-order valence-corrected chi connectivity index (χ3v) is 4.55. The summed E-state index contributed by atoms with van der Waals surface area (Å²) in [7, 11) is 0. The highest BCUT2D eigenvalue weighted by Gasteiger charge is 2.35. The second-order valence-electron chi connectivity index (χ2n) is 6.95. The molecule has 150 valence electrons. The molecule has 0 aromatic rings. The number of carbonyl (C=O) groups is 1. The van der Waals surface area contributed by atoms with E-state index in [9.17, 15) is 20.1 Å². The fraction of sp³-hybridized carbons (Fsp3) is 0.750. The summed E-state index contributed by atoms with van der Waals surface area (Å²) in [5, 5.41) is 38.7. The van der Waals surface area contributed by atoms with Gasteiger partial charge in [0.1, 0.15) is 6.10 Å². The van der Waals surface area contributed by atoms with Crippen LogP contribution in [0.3, 0.4) is 0 Å². The molecule has 1 fully saturated rings. The highest BCUT2D eigenvalue weighted by atomic mass is 16.5. The van der Waals surface area contributed by atoms with Crippen LogP contribution in [0.1, 0.15) is 64.7 Å². The lowest BCUT2D eigenvalue weighted by Gasteiger charge is -2.16. The predicted molar refractivity (Wildman–Crippen MR) is 99.8 cm³/mol. The van der Waals surface area contributed by atoms with E-state index in [1.807, 2.05) is 12.2 Å². The third kappa shape index (κ3) is 9.48. The molecule has 26 heavy (non-hydrogen) atoms. The Morgan fingerprint density at radius 3 is 2.69 bits per heavy atom. The summed E-state index contributed by atoms with van der Waals surface area (Å²) in [6, 6.07) is 0. The lowest BCUT2D eigenvalue weighted by atomic mass is 10.0.